The molecule has 1 N–H and O–H groups in total. The minimum absolute atomic E-state index is 0.198. The van der Waals surface area contributed by atoms with Gasteiger partial charge in [0.15, 0.2) is 0 Å². The Labute approximate surface area is 76.9 Å². The monoisotopic (exact) mass is 180 g/mol. The number of nitrogens with zero attached hydrogens (tertiary/aromatic N) is 1. The molecule has 70 valence electrons. The Hall–Kier alpha value is -1.58. The molecule has 1 amide bonds. The van der Waals surface area contributed by atoms with Crippen LogP contribution in [0.1, 0.15) is 16.1 Å². The van der Waals surface area contributed by atoms with Crippen molar-refractivity contribution in [3.05, 3.63) is 23.5 Å². The zero-order chi connectivity index (χ0) is 9.84. The number of amides is 1. The second kappa shape index (κ2) is 3.89. The number of nitrogens with one attached hydrogen (secondary N) is 1. The summed E-state index contributed by atoms with van der Waals surface area (Å²) in [5.41, 5.74) is 1.16. The van der Waals surface area contributed by atoms with Gasteiger partial charge in [0.1, 0.15) is 11.4 Å². The van der Waals surface area contributed by atoms with Crippen molar-refractivity contribution in [1.82, 2.24) is 10.3 Å². The highest BCUT2D eigenvalue weighted by atomic mass is 16.5. The Morgan fingerprint density at radius 1 is 1.62 bits per heavy atom. The van der Waals surface area contributed by atoms with Crippen LogP contribution in [0.3, 0.4) is 0 Å². The van der Waals surface area contributed by atoms with Crippen molar-refractivity contribution in [3.63, 3.8) is 0 Å². The summed E-state index contributed by atoms with van der Waals surface area (Å²) in [5.74, 6) is 0.477. The van der Waals surface area contributed by atoms with E-state index in [9.17, 15) is 4.79 Å². The quantitative estimate of drug-likeness (QED) is 0.731. The molecule has 1 rings (SSSR count). The molecular formula is C9H12N2O2. The highest BCUT2D eigenvalue weighted by Crippen LogP contribution is 2.18. The van der Waals surface area contributed by atoms with Crippen molar-refractivity contribution >= 4 is 5.91 Å². The zero-order valence-electron chi connectivity index (χ0n) is 7.92. The van der Waals surface area contributed by atoms with E-state index >= 15 is 0 Å². The third kappa shape index (κ3) is 1.77. The van der Waals surface area contributed by atoms with E-state index in [-0.39, 0.29) is 5.91 Å². The van der Waals surface area contributed by atoms with Crippen LogP contribution in [0, 0.1) is 6.92 Å². The van der Waals surface area contributed by atoms with Crippen LogP contribution < -0.4 is 10.1 Å². The molecule has 1 aromatic rings. The van der Waals surface area contributed by atoms with E-state index in [1.54, 1.807) is 33.3 Å². The average Bonchev–Trinajstić information content (AvgIpc) is 2.17. The third-order valence-corrected chi connectivity index (χ3v) is 1.82. The SMILES string of the molecule is CNC(=O)c1nccc(OC)c1C. The van der Waals surface area contributed by atoms with Crippen LogP contribution in [-0.2, 0) is 0 Å². The smallest absolute Gasteiger partial charge is 0.270 e. The summed E-state index contributed by atoms with van der Waals surface area (Å²) >= 11 is 0. The number of aromatic nitrogens is 1. The molecule has 1 aromatic heterocycles. The predicted molar refractivity (Wildman–Crippen MR) is 48.9 cm³/mol. The highest BCUT2D eigenvalue weighted by molar-refractivity contribution is 5.93. The fraction of sp³-hybridized carbons (Fsp3) is 0.333. The molecule has 0 fully saturated rings. The van der Waals surface area contributed by atoms with Gasteiger partial charge >= 0.3 is 0 Å². The maximum atomic E-state index is 11.3. The molecule has 13 heavy (non-hydrogen) atoms. The molecule has 0 saturated heterocycles. The minimum atomic E-state index is -0.198. The Balaban J connectivity index is 3.15. The van der Waals surface area contributed by atoms with Crippen LogP contribution in [0.2, 0.25) is 0 Å². The van der Waals surface area contributed by atoms with Gasteiger partial charge in [-0.25, -0.2) is 0 Å². The Morgan fingerprint density at radius 2 is 2.31 bits per heavy atom. The topological polar surface area (TPSA) is 51.2 Å². The zero-order valence-corrected chi connectivity index (χ0v) is 7.92. The molecule has 0 radical (unpaired) electrons. The van der Waals surface area contributed by atoms with Gasteiger partial charge in [0, 0.05) is 18.8 Å². The average molecular weight is 180 g/mol. The maximum Gasteiger partial charge on any atom is 0.270 e. The van der Waals surface area contributed by atoms with Gasteiger partial charge in [-0.1, -0.05) is 0 Å². The molecular weight excluding hydrogens is 168 g/mol. The van der Waals surface area contributed by atoms with Gasteiger partial charge in [0.05, 0.1) is 7.11 Å². The molecule has 0 saturated carbocycles. The van der Waals surface area contributed by atoms with Crippen LogP contribution in [0.15, 0.2) is 12.3 Å². The molecule has 0 bridgehead atoms. The highest BCUT2D eigenvalue weighted by Gasteiger charge is 2.11. The van der Waals surface area contributed by atoms with E-state index < -0.39 is 0 Å². The first-order chi connectivity index (χ1) is 6.20. The molecule has 0 aliphatic heterocycles. The molecule has 0 aliphatic rings. The van der Waals surface area contributed by atoms with Gasteiger partial charge in [0.2, 0.25) is 0 Å². The van der Waals surface area contributed by atoms with Crippen LogP contribution in [0.25, 0.3) is 0 Å². The summed E-state index contributed by atoms with van der Waals surface area (Å²) in [6.45, 7) is 1.80. The third-order valence-electron chi connectivity index (χ3n) is 1.82. The molecule has 0 spiro atoms. The van der Waals surface area contributed by atoms with Gasteiger partial charge in [-0.05, 0) is 13.0 Å². The van der Waals surface area contributed by atoms with E-state index in [0.29, 0.717) is 11.4 Å². The first-order valence-electron chi connectivity index (χ1n) is 3.92. The lowest BCUT2D eigenvalue weighted by Crippen LogP contribution is -2.20. The van der Waals surface area contributed by atoms with Gasteiger partial charge in [0.25, 0.3) is 5.91 Å². The lowest BCUT2D eigenvalue weighted by atomic mass is 10.2. The second-order valence-corrected chi connectivity index (χ2v) is 2.57. The Bertz CT molecular complexity index is 323. The predicted octanol–water partition coefficient (Wildman–Crippen LogP) is 0.758. The molecule has 4 nitrogen and oxygen atoms in total. The molecule has 4 heteroatoms. The van der Waals surface area contributed by atoms with Gasteiger partial charge in [-0.15, -0.1) is 0 Å². The summed E-state index contributed by atoms with van der Waals surface area (Å²) in [6.07, 6.45) is 1.55. The summed E-state index contributed by atoms with van der Waals surface area (Å²) in [4.78, 5) is 15.2. The molecule has 1 heterocycles. The number of ether oxygens (including phenoxy) is 1. The number of carbonyl (C=O) groups is 1. The number of hydrogen-bond acceptors (Lipinski definition) is 3. The first-order valence-corrected chi connectivity index (χ1v) is 3.92. The van der Waals surface area contributed by atoms with Gasteiger partial charge in [-0.2, -0.15) is 0 Å². The van der Waals surface area contributed by atoms with Crippen molar-refractivity contribution in [1.29, 1.82) is 0 Å². The van der Waals surface area contributed by atoms with Crippen LogP contribution in [-0.4, -0.2) is 25.0 Å². The maximum absolute atomic E-state index is 11.3. The second-order valence-electron chi connectivity index (χ2n) is 2.57. The van der Waals surface area contributed by atoms with Crippen molar-refractivity contribution < 1.29 is 9.53 Å². The van der Waals surface area contributed by atoms with Crippen LogP contribution in [0.4, 0.5) is 0 Å². The number of methoxy groups -OCH3 is 1. The largest absolute Gasteiger partial charge is 0.496 e. The number of rotatable bonds is 2. The molecule has 0 atom stereocenters. The van der Waals surface area contributed by atoms with E-state index in [4.69, 9.17) is 4.74 Å². The standard InChI is InChI=1S/C9H12N2O2/c1-6-7(13-3)4-5-11-8(6)9(12)10-2/h4-5H,1-3H3,(H,10,12). The first kappa shape index (κ1) is 9.51. The normalized spacial score (nSPS) is 9.46. The number of pyridine rings is 1. The Morgan fingerprint density at radius 3 is 2.85 bits per heavy atom. The fourth-order valence-corrected chi connectivity index (χ4v) is 1.09. The van der Waals surface area contributed by atoms with Crippen molar-refractivity contribution in [3.8, 4) is 5.75 Å². The van der Waals surface area contributed by atoms with Crippen molar-refractivity contribution in [2.45, 2.75) is 6.92 Å². The van der Waals surface area contributed by atoms with Crippen LogP contribution in [0.5, 0.6) is 5.75 Å². The lowest BCUT2D eigenvalue weighted by Gasteiger charge is -2.07. The van der Waals surface area contributed by atoms with Gasteiger partial charge in [-0.3, -0.25) is 9.78 Å². The van der Waals surface area contributed by atoms with Crippen molar-refractivity contribution in [2.24, 2.45) is 0 Å². The van der Waals surface area contributed by atoms with Crippen LogP contribution >= 0.6 is 0 Å². The van der Waals surface area contributed by atoms with Gasteiger partial charge < -0.3 is 10.1 Å². The molecule has 0 aromatic carbocycles. The van der Waals surface area contributed by atoms with E-state index in [2.05, 4.69) is 10.3 Å². The van der Waals surface area contributed by atoms with E-state index in [0.717, 1.165) is 5.56 Å². The number of hydrogen-bond donors (Lipinski definition) is 1. The fourth-order valence-electron chi connectivity index (χ4n) is 1.09. The summed E-state index contributed by atoms with van der Waals surface area (Å²) in [5, 5.41) is 2.52. The lowest BCUT2D eigenvalue weighted by molar-refractivity contribution is 0.0957. The van der Waals surface area contributed by atoms with Crippen molar-refractivity contribution in [2.75, 3.05) is 14.2 Å². The number of carbonyl (C=O) groups excluding carboxylic acids is 1. The summed E-state index contributed by atoms with van der Waals surface area (Å²) in [6, 6.07) is 1.72. The summed E-state index contributed by atoms with van der Waals surface area (Å²) in [7, 11) is 3.14. The van der Waals surface area contributed by atoms with E-state index in [1.165, 1.54) is 0 Å². The summed E-state index contributed by atoms with van der Waals surface area (Å²) < 4.78 is 5.06. The minimum Gasteiger partial charge on any atom is -0.496 e. The molecule has 0 aliphatic carbocycles. The van der Waals surface area contributed by atoms with E-state index in [1.807, 2.05) is 0 Å². The molecule has 0 unspecified atom stereocenters. The Kier molecular flexibility index (Phi) is 2.84.